The van der Waals surface area contributed by atoms with E-state index in [2.05, 4.69) is 21.1 Å². The molecule has 0 fully saturated rings. The van der Waals surface area contributed by atoms with Crippen LogP contribution in [-0.4, -0.2) is 74.2 Å². The molecular formula is C32H30N6O4S. The number of amides is 2. The molecular weight excluding hydrogens is 564 g/mol. The zero-order valence-electron chi connectivity index (χ0n) is 23.7. The van der Waals surface area contributed by atoms with E-state index in [0.717, 1.165) is 39.2 Å². The van der Waals surface area contributed by atoms with Crippen LogP contribution in [0.15, 0.2) is 71.8 Å². The van der Waals surface area contributed by atoms with Gasteiger partial charge >= 0.3 is 0 Å². The summed E-state index contributed by atoms with van der Waals surface area (Å²) in [5, 5.41) is 6.04. The third-order valence-corrected chi connectivity index (χ3v) is 8.62. The van der Waals surface area contributed by atoms with Crippen molar-refractivity contribution in [2.24, 2.45) is 7.05 Å². The minimum atomic E-state index is -0.276. The van der Waals surface area contributed by atoms with E-state index in [1.165, 1.54) is 11.3 Å². The molecule has 0 saturated carbocycles. The lowest BCUT2D eigenvalue weighted by Crippen LogP contribution is -2.40. The number of hydrogen-bond donors (Lipinski definition) is 0. The Balaban J connectivity index is 1.19. The third-order valence-electron chi connectivity index (χ3n) is 8.03. The Hall–Kier alpha value is -4.77. The van der Waals surface area contributed by atoms with Crippen molar-refractivity contribution < 1.29 is 19.1 Å². The topological polar surface area (TPSA) is 103 Å². The molecule has 43 heavy (non-hydrogen) atoms. The van der Waals surface area contributed by atoms with Crippen LogP contribution in [0.3, 0.4) is 0 Å². The maximum absolute atomic E-state index is 13.6. The lowest BCUT2D eigenvalue weighted by molar-refractivity contribution is 0.0685. The number of carbonyl (C=O) groups excluding carboxylic acids is 2. The number of thiazole rings is 1. The van der Waals surface area contributed by atoms with Gasteiger partial charge in [-0.1, -0.05) is 18.2 Å². The molecule has 2 aromatic carbocycles. The highest BCUT2D eigenvalue weighted by Crippen LogP contribution is 2.38. The molecule has 5 aromatic rings. The predicted molar refractivity (Wildman–Crippen MR) is 162 cm³/mol. The van der Waals surface area contributed by atoms with E-state index in [4.69, 9.17) is 9.47 Å². The summed E-state index contributed by atoms with van der Waals surface area (Å²) in [7, 11) is 1.84. The van der Waals surface area contributed by atoms with Crippen LogP contribution in [0.4, 0.5) is 0 Å². The molecule has 0 spiro atoms. The lowest BCUT2D eigenvalue weighted by atomic mass is 9.87. The first kappa shape index (κ1) is 27.1. The summed E-state index contributed by atoms with van der Waals surface area (Å²) in [5.41, 5.74) is 7.37. The van der Waals surface area contributed by atoms with Crippen LogP contribution < -0.4 is 9.47 Å². The molecule has 3 aliphatic heterocycles. The molecule has 3 aromatic heterocycles. The van der Waals surface area contributed by atoms with Crippen LogP contribution in [0.2, 0.25) is 0 Å². The number of rotatable bonds is 2. The van der Waals surface area contributed by atoms with Gasteiger partial charge in [-0.3, -0.25) is 19.3 Å². The molecule has 8 rings (SSSR count). The number of aryl methyl sites for hydroxylation is 1. The summed E-state index contributed by atoms with van der Waals surface area (Å²) in [6.45, 7) is 2.23. The molecule has 11 heteroatoms. The fourth-order valence-electron chi connectivity index (χ4n) is 5.87. The second kappa shape index (κ2) is 11.5. The fourth-order valence-corrected chi connectivity index (χ4v) is 6.40. The monoisotopic (exact) mass is 594 g/mol. The minimum Gasteiger partial charge on any atom is -0.494 e. The summed E-state index contributed by atoms with van der Waals surface area (Å²) in [6, 6.07) is 15.5. The first-order chi connectivity index (χ1) is 21.0. The Morgan fingerprint density at radius 2 is 1.81 bits per heavy atom. The van der Waals surface area contributed by atoms with Gasteiger partial charge in [-0.05, 0) is 59.9 Å². The quantitative estimate of drug-likeness (QED) is 0.296. The zero-order chi connectivity index (χ0) is 29.3. The summed E-state index contributed by atoms with van der Waals surface area (Å²) in [4.78, 5) is 39.6. The highest BCUT2D eigenvalue weighted by molar-refractivity contribution is 7.07. The Bertz CT molecular complexity index is 1800. The second-order valence-corrected chi connectivity index (χ2v) is 11.4. The average molecular weight is 595 g/mol. The summed E-state index contributed by atoms with van der Waals surface area (Å²) in [5.74, 6) is 1.27. The van der Waals surface area contributed by atoms with E-state index >= 15 is 0 Å². The van der Waals surface area contributed by atoms with E-state index in [-0.39, 0.29) is 17.9 Å². The number of aromatic nitrogens is 4. The van der Waals surface area contributed by atoms with Gasteiger partial charge in [0.05, 0.1) is 42.0 Å². The van der Waals surface area contributed by atoms with Gasteiger partial charge in [-0.15, -0.1) is 11.3 Å². The van der Waals surface area contributed by atoms with Crippen LogP contribution in [0, 0.1) is 0 Å². The SMILES string of the molecule is Cn1ncc2ncc(C(=O)N3CCCOc4cccc(c4)C4c5ccc(cc5CCN4C(=O)c4cscn4)OCC3)cc21. The molecule has 1 atom stereocenters. The normalized spacial score (nSPS) is 17.0. The second-order valence-electron chi connectivity index (χ2n) is 10.7. The number of ether oxygens (including phenoxy) is 2. The van der Waals surface area contributed by atoms with E-state index in [1.54, 1.807) is 32.9 Å². The first-order valence-electron chi connectivity index (χ1n) is 14.3. The van der Waals surface area contributed by atoms with Crippen molar-refractivity contribution in [3.05, 3.63) is 99.8 Å². The summed E-state index contributed by atoms with van der Waals surface area (Å²) < 4.78 is 14.1. The van der Waals surface area contributed by atoms with Crippen LogP contribution in [0.5, 0.6) is 11.5 Å². The number of benzene rings is 2. The van der Waals surface area contributed by atoms with Gasteiger partial charge in [0.15, 0.2) is 0 Å². The Morgan fingerprint density at radius 3 is 2.70 bits per heavy atom. The van der Waals surface area contributed by atoms with E-state index < -0.39 is 0 Å². The van der Waals surface area contributed by atoms with Crippen molar-refractivity contribution in [3.63, 3.8) is 0 Å². The van der Waals surface area contributed by atoms with Gasteiger partial charge in [0.1, 0.15) is 29.3 Å². The molecule has 3 aliphatic rings. The van der Waals surface area contributed by atoms with Crippen molar-refractivity contribution in [3.8, 4) is 11.5 Å². The minimum absolute atomic E-state index is 0.0829. The van der Waals surface area contributed by atoms with Crippen molar-refractivity contribution in [1.29, 1.82) is 0 Å². The Labute approximate surface area is 252 Å². The largest absolute Gasteiger partial charge is 0.494 e. The lowest BCUT2D eigenvalue weighted by Gasteiger charge is -2.37. The Kier molecular flexibility index (Phi) is 7.23. The molecule has 0 aliphatic carbocycles. The molecule has 0 saturated heterocycles. The van der Waals surface area contributed by atoms with E-state index in [1.807, 2.05) is 54.4 Å². The molecule has 1 unspecified atom stereocenters. The van der Waals surface area contributed by atoms with Crippen molar-refractivity contribution in [2.75, 3.05) is 32.8 Å². The number of carbonyl (C=O) groups is 2. The molecule has 0 radical (unpaired) electrons. The predicted octanol–water partition coefficient (Wildman–Crippen LogP) is 4.52. The van der Waals surface area contributed by atoms with Gasteiger partial charge < -0.3 is 19.3 Å². The Morgan fingerprint density at radius 1 is 0.930 bits per heavy atom. The number of pyridine rings is 1. The van der Waals surface area contributed by atoms with Gasteiger partial charge in [-0.2, -0.15) is 5.10 Å². The molecule has 10 nitrogen and oxygen atoms in total. The smallest absolute Gasteiger partial charge is 0.274 e. The van der Waals surface area contributed by atoms with Gasteiger partial charge in [0.25, 0.3) is 11.8 Å². The van der Waals surface area contributed by atoms with Gasteiger partial charge in [-0.25, -0.2) is 4.98 Å². The van der Waals surface area contributed by atoms with Crippen LogP contribution in [0.1, 0.15) is 50.0 Å². The maximum Gasteiger partial charge on any atom is 0.274 e. The standard InChI is InChI=1S/C32H30N6O4S/c1-36-29-16-23(17-33-27(29)18-35-36)31(39)37-9-3-12-41-24-5-2-4-22(15-24)30-26-7-6-25(42-13-11-37)14-21(26)8-10-38(30)32(40)28-19-43-20-34-28/h2,4-7,14-20,30H,3,8-13H2,1H3. The highest BCUT2D eigenvalue weighted by atomic mass is 32.1. The van der Waals surface area contributed by atoms with E-state index in [0.29, 0.717) is 56.9 Å². The van der Waals surface area contributed by atoms with Crippen LogP contribution in [0.25, 0.3) is 11.0 Å². The number of fused-ring (bicyclic) bond motifs is 9. The summed E-state index contributed by atoms with van der Waals surface area (Å²) in [6.07, 6.45) is 4.63. The van der Waals surface area contributed by atoms with Gasteiger partial charge in [0, 0.05) is 31.7 Å². The molecule has 0 N–H and O–H groups in total. The van der Waals surface area contributed by atoms with Gasteiger partial charge in [0.2, 0.25) is 0 Å². The number of nitrogens with zero attached hydrogens (tertiary/aromatic N) is 6. The highest BCUT2D eigenvalue weighted by Gasteiger charge is 2.34. The van der Waals surface area contributed by atoms with Crippen LogP contribution in [-0.2, 0) is 13.5 Å². The van der Waals surface area contributed by atoms with Crippen molar-refractivity contribution >= 4 is 34.2 Å². The molecule has 6 bridgehead atoms. The third kappa shape index (κ3) is 5.32. The molecule has 6 heterocycles. The molecule has 218 valence electrons. The zero-order valence-corrected chi connectivity index (χ0v) is 24.5. The summed E-state index contributed by atoms with van der Waals surface area (Å²) >= 11 is 1.42. The average Bonchev–Trinajstić information content (AvgIpc) is 3.71. The van der Waals surface area contributed by atoms with Crippen molar-refractivity contribution in [1.82, 2.24) is 29.5 Å². The van der Waals surface area contributed by atoms with Crippen LogP contribution >= 0.6 is 11.3 Å². The number of hydrogen-bond acceptors (Lipinski definition) is 8. The first-order valence-corrected chi connectivity index (χ1v) is 15.2. The molecule has 2 amide bonds. The maximum atomic E-state index is 13.6. The fraction of sp³-hybridized carbons (Fsp3) is 0.281. The van der Waals surface area contributed by atoms with Crippen molar-refractivity contribution in [2.45, 2.75) is 18.9 Å². The van der Waals surface area contributed by atoms with E-state index in [9.17, 15) is 9.59 Å².